The largest absolute Gasteiger partial charge is 0.415 e. The van der Waals surface area contributed by atoms with Crippen molar-refractivity contribution in [2.24, 2.45) is 0 Å². The van der Waals surface area contributed by atoms with Crippen molar-refractivity contribution in [1.29, 1.82) is 0 Å². The van der Waals surface area contributed by atoms with Gasteiger partial charge in [-0.2, -0.15) is 21.6 Å². The Morgan fingerprint density at radius 3 is 2.00 bits per heavy atom. The summed E-state index contributed by atoms with van der Waals surface area (Å²) in [5.74, 6) is -1.48. The second kappa shape index (κ2) is 3.58. The van der Waals surface area contributed by atoms with Gasteiger partial charge in [0.25, 0.3) is 10.1 Å². The minimum atomic E-state index is -4.79. The van der Waals surface area contributed by atoms with E-state index in [2.05, 4.69) is 4.74 Å². The van der Waals surface area contributed by atoms with Gasteiger partial charge in [-0.3, -0.25) is 4.55 Å². The van der Waals surface area contributed by atoms with E-state index in [4.69, 9.17) is 4.55 Å². The Bertz CT molecular complexity index is 231. The Labute approximate surface area is 67.1 Å². The molecule has 0 aromatic carbocycles. The highest BCUT2D eigenvalue weighted by atomic mass is 32.2. The predicted octanol–water partition coefficient (Wildman–Crippen LogP) is 0.452. The molecule has 1 N–H and O–H groups in total. The van der Waals surface area contributed by atoms with Crippen molar-refractivity contribution < 1.29 is 30.9 Å². The minimum absolute atomic E-state index is 0.712. The molecule has 0 spiro atoms. The molecule has 0 saturated carbocycles. The van der Waals surface area contributed by atoms with Crippen LogP contribution in [0.2, 0.25) is 0 Å². The lowest BCUT2D eigenvalue weighted by Crippen LogP contribution is -2.36. The molecule has 74 valence electrons. The molecule has 0 aliphatic rings. The lowest BCUT2D eigenvalue weighted by Gasteiger charge is -2.16. The van der Waals surface area contributed by atoms with E-state index in [0.717, 1.165) is 0 Å². The molecule has 1 unspecified atom stereocenters. The average Bonchev–Trinajstić information content (AvgIpc) is 1.78. The number of ether oxygens (including phenoxy) is 1. The zero-order valence-corrected chi connectivity index (χ0v) is 6.82. The maximum Gasteiger partial charge on any atom is 0.415 e. The Morgan fingerprint density at radius 1 is 1.50 bits per heavy atom. The van der Waals surface area contributed by atoms with E-state index in [1.807, 2.05) is 0 Å². The predicted molar refractivity (Wildman–Crippen MR) is 33.3 cm³/mol. The topological polar surface area (TPSA) is 63.6 Å². The summed E-state index contributed by atoms with van der Waals surface area (Å²) in [6.45, 7) is 0. The number of hydrogen-bond acceptors (Lipinski definition) is 3. The number of hydrogen-bond donors (Lipinski definition) is 1. The van der Waals surface area contributed by atoms with Crippen molar-refractivity contribution in [3.8, 4) is 0 Å². The van der Waals surface area contributed by atoms with Gasteiger partial charge in [0.15, 0.2) is 6.10 Å². The lowest BCUT2D eigenvalue weighted by molar-refractivity contribution is -0.205. The highest BCUT2D eigenvalue weighted by Crippen LogP contribution is 2.23. The summed E-state index contributed by atoms with van der Waals surface area (Å²) in [4.78, 5) is 0. The molecular formula is C4H7F3O4S. The third-order valence-electron chi connectivity index (χ3n) is 1.01. The van der Waals surface area contributed by atoms with Gasteiger partial charge in [0.1, 0.15) is 5.75 Å². The lowest BCUT2D eigenvalue weighted by atomic mass is 10.4. The smallest absolute Gasteiger partial charge is 0.371 e. The summed E-state index contributed by atoms with van der Waals surface area (Å²) in [5.41, 5.74) is 0. The summed E-state index contributed by atoms with van der Waals surface area (Å²) in [7, 11) is -3.95. The van der Waals surface area contributed by atoms with Crippen LogP contribution in [0.1, 0.15) is 0 Å². The van der Waals surface area contributed by atoms with E-state index in [0.29, 0.717) is 7.11 Å². The summed E-state index contributed by atoms with van der Waals surface area (Å²) >= 11 is 0. The first-order valence-corrected chi connectivity index (χ1v) is 4.32. The van der Waals surface area contributed by atoms with Gasteiger partial charge in [-0.25, -0.2) is 0 Å². The van der Waals surface area contributed by atoms with Crippen LogP contribution in [-0.2, 0) is 14.9 Å². The Kier molecular flexibility index (Phi) is 3.48. The zero-order chi connectivity index (χ0) is 9.99. The van der Waals surface area contributed by atoms with Gasteiger partial charge in [0, 0.05) is 7.11 Å². The molecular weight excluding hydrogens is 201 g/mol. The molecule has 0 bridgehead atoms. The molecule has 1 atom stereocenters. The third kappa shape index (κ3) is 4.52. The second-order valence-electron chi connectivity index (χ2n) is 2.01. The molecule has 12 heavy (non-hydrogen) atoms. The van der Waals surface area contributed by atoms with E-state index in [-0.39, 0.29) is 0 Å². The molecule has 0 aliphatic heterocycles. The summed E-state index contributed by atoms with van der Waals surface area (Å²) in [5, 5.41) is 0. The molecule has 4 nitrogen and oxygen atoms in total. The zero-order valence-electron chi connectivity index (χ0n) is 6.00. The van der Waals surface area contributed by atoms with Gasteiger partial charge >= 0.3 is 6.18 Å². The van der Waals surface area contributed by atoms with Crippen molar-refractivity contribution in [3.05, 3.63) is 0 Å². The first kappa shape index (κ1) is 11.7. The molecule has 0 saturated heterocycles. The van der Waals surface area contributed by atoms with E-state index in [9.17, 15) is 21.6 Å². The fraction of sp³-hybridized carbons (Fsp3) is 1.00. The number of methoxy groups -OCH3 is 1. The molecule has 0 heterocycles. The number of alkyl halides is 3. The van der Waals surface area contributed by atoms with E-state index >= 15 is 0 Å². The molecule has 0 rings (SSSR count). The maximum absolute atomic E-state index is 11.8. The normalized spacial score (nSPS) is 16.1. The third-order valence-corrected chi connectivity index (χ3v) is 1.74. The van der Waals surface area contributed by atoms with Crippen LogP contribution >= 0.6 is 0 Å². The van der Waals surface area contributed by atoms with E-state index in [1.165, 1.54) is 0 Å². The van der Waals surface area contributed by atoms with Crippen LogP contribution in [0.25, 0.3) is 0 Å². The Balaban J connectivity index is 4.41. The van der Waals surface area contributed by atoms with Gasteiger partial charge in [-0.15, -0.1) is 0 Å². The van der Waals surface area contributed by atoms with Crippen LogP contribution in [-0.4, -0.2) is 38.1 Å². The molecule has 0 aromatic rings. The summed E-state index contributed by atoms with van der Waals surface area (Å²) in [6, 6.07) is 0. The van der Waals surface area contributed by atoms with Crippen molar-refractivity contribution in [3.63, 3.8) is 0 Å². The molecule has 0 aromatic heterocycles. The summed E-state index contributed by atoms with van der Waals surface area (Å²) < 4.78 is 67.2. The highest BCUT2D eigenvalue weighted by Gasteiger charge is 2.42. The summed E-state index contributed by atoms with van der Waals surface area (Å²) in [6.07, 6.45) is -7.27. The average molecular weight is 208 g/mol. The SMILES string of the molecule is COC(CS(=O)(=O)O)C(F)(F)F. The van der Waals surface area contributed by atoms with Crippen LogP contribution in [0.4, 0.5) is 13.2 Å². The van der Waals surface area contributed by atoms with Crippen LogP contribution < -0.4 is 0 Å². The van der Waals surface area contributed by atoms with Crippen molar-refractivity contribution in [2.75, 3.05) is 12.9 Å². The monoisotopic (exact) mass is 208 g/mol. The highest BCUT2D eigenvalue weighted by molar-refractivity contribution is 7.85. The molecule has 0 fully saturated rings. The van der Waals surface area contributed by atoms with Gasteiger partial charge < -0.3 is 4.74 Å². The van der Waals surface area contributed by atoms with Crippen LogP contribution in [0, 0.1) is 0 Å². The van der Waals surface area contributed by atoms with Crippen LogP contribution in [0.3, 0.4) is 0 Å². The van der Waals surface area contributed by atoms with Crippen molar-refractivity contribution in [1.82, 2.24) is 0 Å². The number of halogens is 3. The molecule has 8 heteroatoms. The molecule has 0 amide bonds. The first-order chi connectivity index (χ1) is 5.17. The van der Waals surface area contributed by atoms with Gasteiger partial charge in [-0.05, 0) is 0 Å². The van der Waals surface area contributed by atoms with Crippen LogP contribution in [0.5, 0.6) is 0 Å². The van der Waals surface area contributed by atoms with Crippen molar-refractivity contribution >= 4 is 10.1 Å². The number of rotatable bonds is 3. The van der Waals surface area contributed by atoms with Gasteiger partial charge in [0.05, 0.1) is 0 Å². The minimum Gasteiger partial charge on any atom is -0.371 e. The standard InChI is InChI=1S/C4H7F3O4S/c1-11-3(4(5,6)7)2-12(8,9)10/h3H,2H2,1H3,(H,8,9,10). The molecule has 0 radical (unpaired) electrons. The fourth-order valence-corrected chi connectivity index (χ4v) is 1.20. The fourth-order valence-electron chi connectivity index (χ4n) is 0.487. The van der Waals surface area contributed by atoms with Crippen molar-refractivity contribution in [2.45, 2.75) is 12.3 Å². The van der Waals surface area contributed by atoms with E-state index < -0.39 is 28.2 Å². The second-order valence-corrected chi connectivity index (χ2v) is 3.51. The maximum atomic E-state index is 11.8. The Hall–Kier alpha value is -0.340. The quantitative estimate of drug-likeness (QED) is 0.684. The van der Waals surface area contributed by atoms with Gasteiger partial charge in [-0.1, -0.05) is 0 Å². The first-order valence-electron chi connectivity index (χ1n) is 2.71. The van der Waals surface area contributed by atoms with E-state index in [1.54, 1.807) is 0 Å². The molecule has 0 aliphatic carbocycles. The van der Waals surface area contributed by atoms with Crippen LogP contribution in [0.15, 0.2) is 0 Å². The van der Waals surface area contributed by atoms with Gasteiger partial charge in [0.2, 0.25) is 0 Å². The Morgan fingerprint density at radius 2 is 1.92 bits per heavy atom.